The van der Waals surface area contributed by atoms with E-state index in [0.29, 0.717) is 9.90 Å². The number of halogens is 1. The molecule has 3 rings (SSSR count). The van der Waals surface area contributed by atoms with Gasteiger partial charge < -0.3 is 5.32 Å². The van der Waals surface area contributed by atoms with Gasteiger partial charge >= 0.3 is 0 Å². The van der Waals surface area contributed by atoms with Gasteiger partial charge in [0, 0.05) is 16.6 Å². The van der Waals surface area contributed by atoms with Gasteiger partial charge in [0.2, 0.25) is 10.0 Å². The first-order valence-electron chi connectivity index (χ1n) is 7.40. The molecule has 8 heteroatoms. The fourth-order valence-corrected chi connectivity index (χ4v) is 4.49. The standard InChI is InChI=1S/C17H15ClN2O3S2/c1-19-25(22,23)12-8-6-11(7-9-12)10-20-17(21)16-15(18)13-4-2-3-5-14(13)24-16/h2-9,19H,10H2,1H3,(H,20,21). The van der Waals surface area contributed by atoms with Gasteiger partial charge in [-0.25, -0.2) is 13.1 Å². The van der Waals surface area contributed by atoms with Crippen molar-refractivity contribution in [3.05, 3.63) is 64.0 Å². The van der Waals surface area contributed by atoms with E-state index in [2.05, 4.69) is 10.0 Å². The quantitative estimate of drug-likeness (QED) is 0.696. The summed E-state index contributed by atoms with van der Waals surface area (Å²) in [5.41, 5.74) is 0.792. The first-order valence-corrected chi connectivity index (χ1v) is 10.1. The number of carbonyl (C=O) groups is 1. The van der Waals surface area contributed by atoms with Crippen LogP contribution in [0.3, 0.4) is 0 Å². The van der Waals surface area contributed by atoms with Crippen molar-refractivity contribution in [1.82, 2.24) is 10.0 Å². The Hall–Kier alpha value is -1.93. The Morgan fingerprint density at radius 3 is 2.44 bits per heavy atom. The van der Waals surface area contributed by atoms with Crippen molar-refractivity contribution in [2.24, 2.45) is 0 Å². The van der Waals surface area contributed by atoms with E-state index < -0.39 is 10.0 Å². The van der Waals surface area contributed by atoms with Crippen LogP contribution in [0.4, 0.5) is 0 Å². The largest absolute Gasteiger partial charge is 0.347 e. The Morgan fingerprint density at radius 2 is 1.80 bits per heavy atom. The van der Waals surface area contributed by atoms with Crippen LogP contribution in [0.2, 0.25) is 5.02 Å². The van der Waals surface area contributed by atoms with Gasteiger partial charge in [0.1, 0.15) is 4.88 Å². The SMILES string of the molecule is CNS(=O)(=O)c1ccc(CNC(=O)c2sc3ccccc3c2Cl)cc1. The first-order chi connectivity index (χ1) is 11.9. The lowest BCUT2D eigenvalue weighted by atomic mass is 10.2. The van der Waals surface area contributed by atoms with Crippen molar-refractivity contribution in [2.75, 3.05) is 7.05 Å². The minimum Gasteiger partial charge on any atom is -0.347 e. The van der Waals surface area contributed by atoms with Crippen molar-refractivity contribution in [1.29, 1.82) is 0 Å². The molecule has 2 N–H and O–H groups in total. The predicted molar refractivity (Wildman–Crippen MR) is 101 cm³/mol. The molecule has 0 aliphatic heterocycles. The van der Waals surface area contributed by atoms with Gasteiger partial charge in [0.05, 0.1) is 9.92 Å². The van der Waals surface area contributed by atoms with Crippen molar-refractivity contribution < 1.29 is 13.2 Å². The smallest absolute Gasteiger partial charge is 0.263 e. The van der Waals surface area contributed by atoms with Crippen LogP contribution < -0.4 is 10.0 Å². The Kier molecular flexibility index (Phi) is 5.10. The number of hydrogen-bond donors (Lipinski definition) is 2. The molecule has 0 aliphatic carbocycles. The third-order valence-electron chi connectivity index (χ3n) is 3.70. The molecule has 3 aromatic rings. The van der Waals surface area contributed by atoms with Crippen molar-refractivity contribution in [3.63, 3.8) is 0 Å². The van der Waals surface area contributed by atoms with Crippen LogP contribution in [0, 0.1) is 0 Å². The molecule has 1 heterocycles. The number of fused-ring (bicyclic) bond motifs is 1. The zero-order valence-corrected chi connectivity index (χ0v) is 15.6. The monoisotopic (exact) mass is 394 g/mol. The Balaban J connectivity index is 1.72. The highest BCUT2D eigenvalue weighted by molar-refractivity contribution is 7.89. The molecule has 0 aliphatic rings. The molecule has 0 spiro atoms. The number of rotatable bonds is 5. The summed E-state index contributed by atoms with van der Waals surface area (Å²) in [5.74, 6) is -0.252. The minimum absolute atomic E-state index is 0.178. The van der Waals surface area contributed by atoms with Crippen LogP contribution in [0.1, 0.15) is 15.2 Å². The van der Waals surface area contributed by atoms with E-state index in [4.69, 9.17) is 11.6 Å². The predicted octanol–water partition coefficient (Wildman–Crippen LogP) is 3.39. The highest BCUT2D eigenvalue weighted by atomic mass is 35.5. The van der Waals surface area contributed by atoms with E-state index in [1.807, 2.05) is 24.3 Å². The molecule has 0 fully saturated rings. The van der Waals surface area contributed by atoms with E-state index in [-0.39, 0.29) is 17.3 Å². The summed E-state index contributed by atoms with van der Waals surface area (Å²) < 4.78 is 26.6. The second kappa shape index (κ2) is 7.13. The van der Waals surface area contributed by atoms with Gasteiger partial charge in [-0.1, -0.05) is 41.9 Å². The molecule has 130 valence electrons. The minimum atomic E-state index is -3.46. The number of thiophene rings is 1. The van der Waals surface area contributed by atoms with E-state index in [1.54, 1.807) is 12.1 Å². The van der Waals surface area contributed by atoms with Gasteiger partial charge in [-0.05, 0) is 30.8 Å². The molecule has 2 aromatic carbocycles. The molecule has 0 saturated heterocycles. The number of benzene rings is 2. The molecule has 0 atom stereocenters. The molecule has 0 saturated carbocycles. The summed E-state index contributed by atoms with van der Waals surface area (Å²) in [4.78, 5) is 13.0. The number of sulfonamides is 1. The van der Waals surface area contributed by atoms with E-state index in [1.165, 1.54) is 30.5 Å². The molecule has 0 unspecified atom stereocenters. The van der Waals surface area contributed by atoms with E-state index in [0.717, 1.165) is 15.6 Å². The zero-order valence-electron chi connectivity index (χ0n) is 13.2. The molecular formula is C17H15ClN2O3S2. The maximum Gasteiger partial charge on any atom is 0.263 e. The van der Waals surface area contributed by atoms with Gasteiger partial charge in [-0.15, -0.1) is 11.3 Å². The van der Waals surface area contributed by atoms with Crippen LogP contribution in [0.15, 0.2) is 53.4 Å². The summed E-state index contributed by atoms with van der Waals surface area (Å²) in [5, 5.41) is 4.13. The lowest BCUT2D eigenvalue weighted by molar-refractivity contribution is 0.0955. The van der Waals surface area contributed by atoms with Crippen LogP contribution in [0.5, 0.6) is 0 Å². The lowest BCUT2D eigenvalue weighted by Gasteiger charge is -2.06. The van der Waals surface area contributed by atoms with Crippen molar-refractivity contribution in [2.45, 2.75) is 11.4 Å². The summed E-state index contributed by atoms with van der Waals surface area (Å²) in [6.07, 6.45) is 0. The second-order valence-corrected chi connectivity index (χ2v) is 8.59. The van der Waals surface area contributed by atoms with E-state index in [9.17, 15) is 13.2 Å². The highest BCUT2D eigenvalue weighted by Crippen LogP contribution is 2.34. The number of amides is 1. The molecule has 1 aromatic heterocycles. The summed E-state index contributed by atoms with van der Waals surface area (Å²) in [6.45, 7) is 0.281. The summed E-state index contributed by atoms with van der Waals surface area (Å²) >= 11 is 7.64. The average molecular weight is 395 g/mol. The summed E-state index contributed by atoms with van der Waals surface area (Å²) in [6, 6.07) is 13.9. The molecule has 0 radical (unpaired) electrons. The highest BCUT2D eigenvalue weighted by Gasteiger charge is 2.16. The normalized spacial score (nSPS) is 11.6. The van der Waals surface area contributed by atoms with Gasteiger partial charge in [0.15, 0.2) is 0 Å². The number of hydrogen-bond acceptors (Lipinski definition) is 4. The average Bonchev–Trinajstić information content (AvgIpc) is 2.97. The van der Waals surface area contributed by atoms with Crippen LogP contribution in [0.25, 0.3) is 10.1 Å². The Bertz CT molecular complexity index is 1030. The Labute approximate surface area is 154 Å². The topological polar surface area (TPSA) is 75.3 Å². The van der Waals surface area contributed by atoms with E-state index >= 15 is 0 Å². The molecule has 0 bridgehead atoms. The second-order valence-electron chi connectivity index (χ2n) is 5.28. The fraction of sp³-hybridized carbons (Fsp3) is 0.118. The van der Waals surface area contributed by atoms with Crippen molar-refractivity contribution in [3.8, 4) is 0 Å². The van der Waals surface area contributed by atoms with Crippen LogP contribution in [-0.4, -0.2) is 21.4 Å². The number of carbonyl (C=O) groups excluding carboxylic acids is 1. The fourth-order valence-electron chi connectivity index (χ4n) is 2.33. The zero-order chi connectivity index (χ0) is 18.0. The van der Waals surface area contributed by atoms with Gasteiger partial charge in [-0.3, -0.25) is 4.79 Å². The molecule has 25 heavy (non-hydrogen) atoms. The van der Waals surface area contributed by atoms with Gasteiger partial charge in [-0.2, -0.15) is 0 Å². The van der Waals surface area contributed by atoms with Gasteiger partial charge in [0.25, 0.3) is 5.91 Å². The third-order valence-corrected chi connectivity index (χ3v) is 6.80. The number of nitrogens with one attached hydrogen (secondary N) is 2. The summed E-state index contributed by atoms with van der Waals surface area (Å²) in [7, 11) is -2.10. The first kappa shape index (κ1) is 17.9. The van der Waals surface area contributed by atoms with Crippen LogP contribution in [-0.2, 0) is 16.6 Å². The lowest BCUT2D eigenvalue weighted by Crippen LogP contribution is -2.22. The maximum absolute atomic E-state index is 12.4. The third kappa shape index (κ3) is 3.69. The maximum atomic E-state index is 12.4. The van der Waals surface area contributed by atoms with Crippen LogP contribution >= 0.6 is 22.9 Å². The Morgan fingerprint density at radius 1 is 1.12 bits per heavy atom. The molecular weight excluding hydrogens is 380 g/mol. The van der Waals surface area contributed by atoms with Crippen molar-refractivity contribution >= 4 is 49.0 Å². The molecule has 5 nitrogen and oxygen atoms in total. The molecule has 1 amide bonds.